The highest BCUT2D eigenvalue weighted by atomic mass is 35.5. The van der Waals surface area contributed by atoms with Crippen molar-refractivity contribution in [3.8, 4) is 5.75 Å². The summed E-state index contributed by atoms with van der Waals surface area (Å²) in [7, 11) is 1.75. The van der Waals surface area contributed by atoms with E-state index in [1.807, 2.05) is 0 Å². The Kier molecular flexibility index (Phi) is 3.00. The average Bonchev–Trinajstić information content (AvgIpc) is 2.09. The molecule has 1 N–H and O–H groups in total. The first kappa shape index (κ1) is 8.94. The molecule has 1 rings (SSSR count). The Morgan fingerprint density at radius 2 is 2.00 bits per heavy atom. The highest BCUT2D eigenvalue weighted by molar-refractivity contribution is 6.30. The van der Waals surface area contributed by atoms with Crippen molar-refractivity contribution < 1.29 is 4.74 Å². The zero-order chi connectivity index (χ0) is 8.97. The first-order valence-electron chi connectivity index (χ1n) is 3.52. The van der Waals surface area contributed by atoms with Crippen LogP contribution in [0.3, 0.4) is 0 Å². The highest BCUT2D eigenvalue weighted by Gasteiger charge is 1.94. The van der Waals surface area contributed by atoms with E-state index in [9.17, 15) is 0 Å². The lowest BCUT2D eigenvalue weighted by atomic mass is 10.3. The van der Waals surface area contributed by atoms with Gasteiger partial charge < -0.3 is 10.1 Å². The summed E-state index contributed by atoms with van der Waals surface area (Å²) in [5.74, 6) is 1.23. The van der Waals surface area contributed by atoms with E-state index in [1.54, 1.807) is 31.3 Å². The monoisotopic (exact) mass is 183 g/mol. The van der Waals surface area contributed by atoms with Crippen molar-refractivity contribution in [3.05, 3.63) is 41.8 Å². The Bertz CT molecular complexity index is 268. The third kappa shape index (κ3) is 2.47. The SMILES string of the molecule is C=C(NC)Oc1ccc(Cl)cc1. The van der Waals surface area contributed by atoms with E-state index in [2.05, 4.69) is 11.9 Å². The Labute approximate surface area is 76.8 Å². The number of hydrogen-bond donors (Lipinski definition) is 1. The zero-order valence-electron chi connectivity index (χ0n) is 6.80. The molecule has 0 amide bonds. The van der Waals surface area contributed by atoms with Crippen molar-refractivity contribution >= 4 is 11.6 Å². The third-order valence-electron chi connectivity index (χ3n) is 1.33. The molecule has 0 atom stereocenters. The van der Waals surface area contributed by atoms with Crippen LogP contribution in [0.15, 0.2) is 36.7 Å². The molecular formula is C9H10ClNO. The molecule has 64 valence electrons. The van der Waals surface area contributed by atoms with E-state index in [1.165, 1.54) is 0 Å². The van der Waals surface area contributed by atoms with Gasteiger partial charge in [0.25, 0.3) is 0 Å². The Morgan fingerprint density at radius 1 is 1.42 bits per heavy atom. The molecular weight excluding hydrogens is 174 g/mol. The number of hydrogen-bond acceptors (Lipinski definition) is 2. The van der Waals surface area contributed by atoms with Gasteiger partial charge in [-0.15, -0.1) is 0 Å². The molecule has 0 saturated heterocycles. The van der Waals surface area contributed by atoms with E-state index in [-0.39, 0.29) is 0 Å². The molecule has 0 aliphatic rings. The minimum Gasteiger partial charge on any atom is -0.442 e. The van der Waals surface area contributed by atoms with Crippen molar-refractivity contribution in [1.29, 1.82) is 0 Å². The van der Waals surface area contributed by atoms with Crippen LogP contribution in [0.2, 0.25) is 5.02 Å². The number of halogens is 1. The molecule has 12 heavy (non-hydrogen) atoms. The number of ether oxygens (including phenoxy) is 1. The molecule has 0 radical (unpaired) electrons. The molecule has 0 bridgehead atoms. The number of rotatable bonds is 3. The summed E-state index contributed by atoms with van der Waals surface area (Å²) in [4.78, 5) is 0. The molecule has 0 aliphatic heterocycles. The summed E-state index contributed by atoms with van der Waals surface area (Å²) in [6.45, 7) is 3.62. The predicted octanol–water partition coefficient (Wildman–Crippen LogP) is 2.41. The fraction of sp³-hybridized carbons (Fsp3) is 0.111. The Morgan fingerprint density at radius 3 is 2.50 bits per heavy atom. The maximum atomic E-state index is 5.69. The second kappa shape index (κ2) is 4.02. The van der Waals surface area contributed by atoms with Crippen LogP contribution >= 0.6 is 11.6 Å². The predicted molar refractivity (Wildman–Crippen MR) is 50.3 cm³/mol. The van der Waals surface area contributed by atoms with E-state index < -0.39 is 0 Å². The largest absolute Gasteiger partial charge is 0.442 e. The lowest BCUT2D eigenvalue weighted by Gasteiger charge is -2.06. The van der Waals surface area contributed by atoms with Crippen LogP contribution < -0.4 is 10.1 Å². The summed E-state index contributed by atoms with van der Waals surface area (Å²) >= 11 is 5.69. The van der Waals surface area contributed by atoms with Gasteiger partial charge in [0.05, 0.1) is 0 Å². The van der Waals surface area contributed by atoms with E-state index >= 15 is 0 Å². The molecule has 0 spiro atoms. The van der Waals surface area contributed by atoms with Gasteiger partial charge in [-0.05, 0) is 30.8 Å². The number of nitrogens with one attached hydrogen (secondary N) is 1. The Balaban J connectivity index is 2.64. The molecule has 0 saturated carbocycles. The molecule has 1 aromatic carbocycles. The lowest BCUT2D eigenvalue weighted by molar-refractivity contribution is 0.395. The number of benzene rings is 1. The van der Waals surface area contributed by atoms with Crippen molar-refractivity contribution in [3.63, 3.8) is 0 Å². The first-order valence-corrected chi connectivity index (χ1v) is 3.90. The minimum atomic E-state index is 0.511. The van der Waals surface area contributed by atoms with Gasteiger partial charge in [-0.3, -0.25) is 0 Å². The third-order valence-corrected chi connectivity index (χ3v) is 1.59. The van der Waals surface area contributed by atoms with Gasteiger partial charge in [0.2, 0.25) is 0 Å². The molecule has 0 unspecified atom stereocenters. The summed E-state index contributed by atoms with van der Waals surface area (Å²) in [6.07, 6.45) is 0. The van der Waals surface area contributed by atoms with E-state index in [0.717, 1.165) is 5.75 Å². The van der Waals surface area contributed by atoms with Crippen LogP contribution in [0.4, 0.5) is 0 Å². The maximum absolute atomic E-state index is 5.69. The van der Waals surface area contributed by atoms with Gasteiger partial charge in [0.15, 0.2) is 5.88 Å². The van der Waals surface area contributed by atoms with Crippen molar-refractivity contribution in [2.75, 3.05) is 7.05 Å². The normalized spacial score (nSPS) is 9.17. The summed E-state index contributed by atoms with van der Waals surface area (Å²) in [5, 5.41) is 3.47. The van der Waals surface area contributed by atoms with Crippen molar-refractivity contribution in [2.24, 2.45) is 0 Å². The van der Waals surface area contributed by atoms with Crippen molar-refractivity contribution in [1.82, 2.24) is 5.32 Å². The summed E-state index contributed by atoms with van der Waals surface area (Å²) in [5.41, 5.74) is 0. The molecule has 0 fully saturated rings. The van der Waals surface area contributed by atoms with Crippen LogP contribution in [-0.4, -0.2) is 7.05 Å². The van der Waals surface area contributed by atoms with Gasteiger partial charge in [-0.2, -0.15) is 0 Å². The topological polar surface area (TPSA) is 21.3 Å². The lowest BCUT2D eigenvalue weighted by Crippen LogP contribution is -2.10. The first-order chi connectivity index (χ1) is 5.72. The standard InChI is InChI=1S/C9H10ClNO/c1-7(11-2)12-9-5-3-8(10)4-6-9/h3-6,11H,1H2,2H3. The maximum Gasteiger partial charge on any atom is 0.185 e. The molecule has 2 nitrogen and oxygen atoms in total. The van der Waals surface area contributed by atoms with Gasteiger partial charge in [0, 0.05) is 12.1 Å². The molecule has 1 aromatic rings. The molecule has 3 heteroatoms. The fourth-order valence-corrected chi connectivity index (χ4v) is 0.822. The summed E-state index contributed by atoms with van der Waals surface area (Å²) < 4.78 is 5.25. The van der Waals surface area contributed by atoms with E-state index in [0.29, 0.717) is 10.9 Å². The van der Waals surface area contributed by atoms with Crippen LogP contribution in [0.1, 0.15) is 0 Å². The second-order valence-corrected chi connectivity index (χ2v) is 2.67. The average molecular weight is 184 g/mol. The second-order valence-electron chi connectivity index (χ2n) is 2.23. The smallest absolute Gasteiger partial charge is 0.185 e. The van der Waals surface area contributed by atoms with Gasteiger partial charge in [0.1, 0.15) is 5.75 Å². The van der Waals surface area contributed by atoms with Crippen LogP contribution in [0.5, 0.6) is 5.75 Å². The Hall–Kier alpha value is -1.15. The molecule has 0 aromatic heterocycles. The quantitative estimate of drug-likeness (QED) is 0.727. The fourth-order valence-electron chi connectivity index (χ4n) is 0.696. The van der Waals surface area contributed by atoms with Gasteiger partial charge in [-0.1, -0.05) is 11.6 Å². The molecule has 0 aliphatic carbocycles. The van der Waals surface area contributed by atoms with Gasteiger partial charge in [-0.25, -0.2) is 0 Å². The summed E-state index contributed by atoms with van der Waals surface area (Å²) in [6, 6.07) is 7.09. The minimum absolute atomic E-state index is 0.511. The molecule has 0 heterocycles. The van der Waals surface area contributed by atoms with Crippen molar-refractivity contribution in [2.45, 2.75) is 0 Å². The van der Waals surface area contributed by atoms with Crippen LogP contribution in [0.25, 0.3) is 0 Å². The highest BCUT2D eigenvalue weighted by Crippen LogP contribution is 2.16. The van der Waals surface area contributed by atoms with Crippen LogP contribution in [-0.2, 0) is 0 Å². The van der Waals surface area contributed by atoms with Crippen LogP contribution in [0, 0.1) is 0 Å². The zero-order valence-corrected chi connectivity index (χ0v) is 7.56. The van der Waals surface area contributed by atoms with Gasteiger partial charge >= 0.3 is 0 Å². The van der Waals surface area contributed by atoms with E-state index in [4.69, 9.17) is 16.3 Å².